The minimum Gasteiger partial charge on any atom is -0.342 e. The van der Waals surface area contributed by atoms with Gasteiger partial charge in [0.15, 0.2) is 0 Å². The molecule has 0 bridgehead atoms. The molecule has 0 fully saturated rings. The lowest BCUT2D eigenvalue weighted by Crippen LogP contribution is -2.36. The lowest BCUT2D eigenvalue weighted by molar-refractivity contribution is -0.133. The van der Waals surface area contributed by atoms with E-state index in [-0.39, 0.29) is 11.8 Å². The Morgan fingerprint density at radius 1 is 0.957 bits per heavy atom. The Bertz CT molecular complexity index is 488. The van der Waals surface area contributed by atoms with Crippen LogP contribution in [0.2, 0.25) is 0 Å². The van der Waals surface area contributed by atoms with Crippen LogP contribution in [0.3, 0.4) is 0 Å². The lowest BCUT2D eigenvalue weighted by Gasteiger charge is -2.23. The van der Waals surface area contributed by atoms with E-state index in [0.29, 0.717) is 26.1 Å². The van der Waals surface area contributed by atoms with Gasteiger partial charge in [-0.1, -0.05) is 30.3 Å². The molecule has 0 aliphatic heterocycles. The van der Waals surface area contributed by atoms with Crippen LogP contribution in [-0.4, -0.2) is 67.3 Å². The van der Waals surface area contributed by atoms with E-state index >= 15 is 0 Å². The number of hydrogen-bond acceptors (Lipinski definition) is 3. The molecule has 0 aliphatic carbocycles. The highest BCUT2D eigenvalue weighted by Gasteiger charge is 2.14. The zero-order chi connectivity index (χ0) is 17.2. The van der Waals surface area contributed by atoms with Crippen molar-refractivity contribution < 1.29 is 9.59 Å². The molecule has 0 heterocycles. The second kappa shape index (κ2) is 10.0. The average molecular weight is 319 g/mol. The molecule has 2 amide bonds. The molecule has 0 saturated carbocycles. The third-order valence-corrected chi connectivity index (χ3v) is 3.76. The molecule has 1 aromatic rings. The summed E-state index contributed by atoms with van der Waals surface area (Å²) in [6, 6.07) is 9.91. The van der Waals surface area contributed by atoms with Gasteiger partial charge in [0.2, 0.25) is 11.8 Å². The predicted octanol–water partition coefficient (Wildman–Crippen LogP) is 1.84. The summed E-state index contributed by atoms with van der Waals surface area (Å²) in [5, 5.41) is 0. The number of amides is 2. The highest BCUT2D eigenvalue weighted by molar-refractivity contribution is 5.78. The fraction of sp³-hybridized carbons (Fsp3) is 0.556. The summed E-state index contributed by atoms with van der Waals surface area (Å²) in [5.41, 5.74) is 1.11. The van der Waals surface area contributed by atoms with E-state index in [2.05, 4.69) is 4.90 Å². The smallest absolute Gasteiger partial charge is 0.224 e. The lowest BCUT2D eigenvalue weighted by atomic mass is 10.2. The predicted molar refractivity (Wildman–Crippen MR) is 93.0 cm³/mol. The molecule has 5 heteroatoms. The van der Waals surface area contributed by atoms with Crippen molar-refractivity contribution in [3.8, 4) is 0 Å². The average Bonchev–Trinajstić information content (AvgIpc) is 2.50. The van der Waals surface area contributed by atoms with Gasteiger partial charge in [-0.3, -0.25) is 9.59 Å². The van der Waals surface area contributed by atoms with Crippen LogP contribution in [0.1, 0.15) is 25.3 Å². The van der Waals surface area contributed by atoms with Crippen molar-refractivity contribution in [2.24, 2.45) is 0 Å². The van der Waals surface area contributed by atoms with Gasteiger partial charge in [-0.25, -0.2) is 0 Å². The van der Waals surface area contributed by atoms with Crippen LogP contribution in [0, 0.1) is 0 Å². The first-order valence-corrected chi connectivity index (χ1v) is 8.08. The molecule has 23 heavy (non-hydrogen) atoms. The van der Waals surface area contributed by atoms with Gasteiger partial charge in [-0.2, -0.15) is 0 Å². The second-order valence-corrected chi connectivity index (χ2v) is 6.15. The molecular formula is C18H29N3O2. The quantitative estimate of drug-likeness (QED) is 0.697. The standard InChI is InChI=1S/C18H29N3O2/c1-16(22)21(13-8-12-19(2)3)14-11-18(23)20(4)15-17-9-6-5-7-10-17/h5-7,9-10H,8,11-15H2,1-4H3. The van der Waals surface area contributed by atoms with Crippen molar-refractivity contribution in [3.63, 3.8) is 0 Å². The van der Waals surface area contributed by atoms with Crippen molar-refractivity contribution in [3.05, 3.63) is 35.9 Å². The van der Waals surface area contributed by atoms with E-state index in [9.17, 15) is 9.59 Å². The Morgan fingerprint density at radius 3 is 2.17 bits per heavy atom. The van der Waals surface area contributed by atoms with Crippen LogP contribution in [0.5, 0.6) is 0 Å². The molecule has 0 atom stereocenters. The fourth-order valence-electron chi connectivity index (χ4n) is 2.37. The third-order valence-electron chi connectivity index (χ3n) is 3.76. The zero-order valence-electron chi connectivity index (χ0n) is 14.8. The maximum atomic E-state index is 12.2. The molecule has 0 radical (unpaired) electrons. The minimum absolute atomic E-state index is 0.0299. The van der Waals surface area contributed by atoms with Crippen LogP contribution in [0.25, 0.3) is 0 Å². The molecule has 1 rings (SSSR count). The first-order valence-electron chi connectivity index (χ1n) is 8.08. The normalized spacial score (nSPS) is 10.7. The van der Waals surface area contributed by atoms with Crippen molar-refractivity contribution in [2.75, 3.05) is 40.8 Å². The summed E-state index contributed by atoms with van der Waals surface area (Å²) >= 11 is 0. The third kappa shape index (κ3) is 7.79. The number of benzene rings is 1. The van der Waals surface area contributed by atoms with Gasteiger partial charge in [0.1, 0.15) is 0 Å². The second-order valence-electron chi connectivity index (χ2n) is 6.15. The largest absolute Gasteiger partial charge is 0.342 e. The SMILES string of the molecule is CC(=O)N(CCCN(C)C)CCC(=O)N(C)Cc1ccccc1. The number of nitrogens with zero attached hydrogens (tertiary/aromatic N) is 3. The van der Waals surface area contributed by atoms with Gasteiger partial charge in [0.05, 0.1) is 0 Å². The molecule has 1 aromatic carbocycles. The molecular weight excluding hydrogens is 290 g/mol. The Balaban J connectivity index is 2.40. The highest BCUT2D eigenvalue weighted by atomic mass is 16.2. The van der Waals surface area contributed by atoms with Crippen LogP contribution < -0.4 is 0 Å². The molecule has 0 aliphatic rings. The molecule has 0 spiro atoms. The summed E-state index contributed by atoms with van der Waals surface area (Å²) in [6.45, 7) is 4.28. The van der Waals surface area contributed by atoms with E-state index in [1.54, 1.807) is 23.8 Å². The van der Waals surface area contributed by atoms with E-state index in [1.165, 1.54) is 0 Å². The number of hydrogen-bond donors (Lipinski definition) is 0. The van der Waals surface area contributed by atoms with Crippen molar-refractivity contribution >= 4 is 11.8 Å². The van der Waals surface area contributed by atoms with Gasteiger partial charge in [0, 0.05) is 40.0 Å². The number of carbonyl (C=O) groups excluding carboxylic acids is 2. The summed E-state index contributed by atoms with van der Waals surface area (Å²) in [6.07, 6.45) is 1.28. The van der Waals surface area contributed by atoms with E-state index < -0.39 is 0 Å². The van der Waals surface area contributed by atoms with E-state index in [4.69, 9.17) is 0 Å². The number of carbonyl (C=O) groups is 2. The zero-order valence-corrected chi connectivity index (χ0v) is 14.8. The van der Waals surface area contributed by atoms with Crippen LogP contribution in [-0.2, 0) is 16.1 Å². The van der Waals surface area contributed by atoms with Gasteiger partial charge in [0.25, 0.3) is 0 Å². The first-order chi connectivity index (χ1) is 10.9. The van der Waals surface area contributed by atoms with Gasteiger partial charge >= 0.3 is 0 Å². The Labute approximate surface area is 139 Å². The summed E-state index contributed by atoms with van der Waals surface area (Å²) in [5.74, 6) is 0.0926. The monoisotopic (exact) mass is 319 g/mol. The number of rotatable bonds is 9. The Morgan fingerprint density at radius 2 is 1.61 bits per heavy atom. The van der Waals surface area contributed by atoms with Crippen molar-refractivity contribution in [1.82, 2.24) is 14.7 Å². The molecule has 0 N–H and O–H groups in total. The molecule has 128 valence electrons. The van der Waals surface area contributed by atoms with Gasteiger partial charge < -0.3 is 14.7 Å². The Hall–Kier alpha value is -1.88. The van der Waals surface area contributed by atoms with Crippen molar-refractivity contribution in [1.29, 1.82) is 0 Å². The Kier molecular flexibility index (Phi) is 8.33. The molecule has 5 nitrogen and oxygen atoms in total. The molecule has 0 saturated heterocycles. The van der Waals surface area contributed by atoms with E-state index in [0.717, 1.165) is 18.5 Å². The van der Waals surface area contributed by atoms with Crippen LogP contribution in [0.4, 0.5) is 0 Å². The van der Waals surface area contributed by atoms with Crippen LogP contribution in [0.15, 0.2) is 30.3 Å². The summed E-state index contributed by atoms with van der Waals surface area (Å²) in [7, 11) is 5.83. The minimum atomic E-state index is 0.0299. The fourth-order valence-corrected chi connectivity index (χ4v) is 2.37. The van der Waals surface area contributed by atoms with E-state index in [1.807, 2.05) is 44.4 Å². The molecule has 0 aromatic heterocycles. The maximum absolute atomic E-state index is 12.2. The van der Waals surface area contributed by atoms with Crippen LogP contribution >= 0.6 is 0 Å². The summed E-state index contributed by atoms with van der Waals surface area (Å²) < 4.78 is 0. The van der Waals surface area contributed by atoms with Gasteiger partial charge in [-0.05, 0) is 32.6 Å². The first kappa shape index (κ1) is 19.2. The topological polar surface area (TPSA) is 43.9 Å². The molecule has 0 unspecified atom stereocenters. The summed E-state index contributed by atoms with van der Waals surface area (Å²) in [4.78, 5) is 29.5. The highest BCUT2D eigenvalue weighted by Crippen LogP contribution is 2.05. The van der Waals surface area contributed by atoms with Crippen molar-refractivity contribution in [2.45, 2.75) is 26.3 Å². The maximum Gasteiger partial charge on any atom is 0.224 e. The van der Waals surface area contributed by atoms with Gasteiger partial charge in [-0.15, -0.1) is 0 Å².